The summed E-state index contributed by atoms with van der Waals surface area (Å²) in [5.74, 6) is 0.00686. The number of hydrogen-bond donors (Lipinski definition) is 0. The normalized spacial score (nSPS) is 19.6. The Labute approximate surface area is 146 Å². The molecule has 1 saturated heterocycles. The number of hydrogen-bond acceptors (Lipinski definition) is 6. The van der Waals surface area contributed by atoms with Crippen molar-refractivity contribution in [2.75, 3.05) is 19.7 Å². The Morgan fingerprint density at radius 3 is 2.65 bits per heavy atom. The van der Waals surface area contributed by atoms with Gasteiger partial charge in [-0.25, -0.2) is 8.42 Å². The second-order valence-electron chi connectivity index (χ2n) is 5.18. The Kier molecular flexibility index (Phi) is 6.19. The Hall–Kier alpha value is -0.960. The maximum Gasteiger partial charge on any atom is 0.243 e. The van der Waals surface area contributed by atoms with Crippen molar-refractivity contribution in [3.63, 3.8) is 0 Å². The van der Waals surface area contributed by atoms with Crippen molar-refractivity contribution in [3.8, 4) is 0 Å². The number of nitrogens with zero attached hydrogens (tertiary/aromatic N) is 1. The maximum absolute atomic E-state index is 12.7. The van der Waals surface area contributed by atoms with Crippen LogP contribution in [-0.4, -0.2) is 47.8 Å². The topological polar surface area (TPSA) is 63.7 Å². The highest BCUT2D eigenvalue weighted by molar-refractivity contribution is 8.23. The quantitative estimate of drug-likeness (QED) is 0.755. The summed E-state index contributed by atoms with van der Waals surface area (Å²) < 4.78 is 32.2. The lowest BCUT2D eigenvalue weighted by Gasteiger charge is -2.30. The van der Waals surface area contributed by atoms with E-state index in [-0.39, 0.29) is 34.6 Å². The molecule has 1 fully saturated rings. The second kappa shape index (κ2) is 7.74. The number of ketones is 1. The monoisotopic (exact) mass is 373 g/mol. The second-order valence-corrected chi connectivity index (χ2v) is 8.92. The molecular weight excluding hydrogens is 354 g/mol. The van der Waals surface area contributed by atoms with E-state index < -0.39 is 15.3 Å². The molecule has 0 saturated carbocycles. The van der Waals surface area contributed by atoms with E-state index in [9.17, 15) is 13.2 Å². The van der Waals surface area contributed by atoms with Crippen LogP contribution in [0.3, 0.4) is 0 Å². The van der Waals surface area contributed by atoms with Gasteiger partial charge in [0, 0.05) is 19.5 Å². The van der Waals surface area contributed by atoms with E-state index in [2.05, 4.69) is 0 Å². The van der Waals surface area contributed by atoms with Gasteiger partial charge in [0.05, 0.1) is 16.8 Å². The number of piperidine rings is 1. The molecular formula is C15H19NO4S3. The first kappa shape index (κ1) is 18.4. The predicted molar refractivity (Wildman–Crippen MR) is 95.2 cm³/mol. The van der Waals surface area contributed by atoms with Crippen molar-refractivity contribution < 1.29 is 17.9 Å². The molecule has 1 aliphatic rings. The molecule has 1 atom stereocenters. The van der Waals surface area contributed by atoms with Gasteiger partial charge >= 0.3 is 0 Å². The lowest BCUT2D eigenvalue weighted by atomic mass is 10.1. The molecule has 8 heteroatoms. The van der Waals surface area contributed by atoms with Crippen molar-refractivity contribution in [3.05, 3.63) is 29.8 Å². The zero-order chi connectivity index (χ0) is 17.0. The zero-order valence-electron chi connectivity index (χ0n) is 13.0. The van der Waals surface area contributed by atoms with Gasteiger partial charge in [0.2, 0.25) is 14.4 Å². The van der Waals surface area contributed by atoms with Crippen LogP contribution in [0.5, 0.6) is 0 Å². The first-order valence-corrected chi connectivity index (χ1v) is 10.0. The highest BCUT2D eigenvalue weighted by Gasteiger charge is 2.35. The predicted octanol–water partition coefficient (Wildman–Crippen LogP) is 2.38. The van der Waals surface area contributed by atoms with Crippen LogP contribution in [0.4, 0.5) is 0 Å². The average molecular weight is 374 g/mol. The largest absolute Gasteiger partial charge is 0.479 e. The van der Waals surface area contributed by atoms with Crippen molar-refractivity contribution in [2.45, 2.75) is 30.4 Å². The van der Waals surface area contributed by atoms with Crippen molar-refractivity contribution in [1.82, 2.24) is 4.31 Å². The molecule has 0 N–H and O–H groups in total. The summed E-state index contributed by atoms with van der Waals surface area (Å²) >= 11 is 6.17. The van der Waals surface area contributed by atoms with Gasteiger partial charge in [-0.1, -0.05) is 29.5 Å². The molecule has 2 rings (SSSR count). The van der Waals surface area contributed by atoms with Crippen LogP contribution in [0, 0.1) is 6.92 Å². The van der Waals surface area contributed by atoms with Crippen LogP contribution in [0.1, 0.15) is 18.9 Å². The van der Waals surface area contributed by atoms with Gasteiger partial charge in [-0.2, -0.15) is 4.31 Å². The molecule has 0 radical (unpaired) electrons. The summed E-state index contributed by atoms with van der Waals surface area (Å²) in [6, 6.07) is 6.71. The highest BCUT2D eigenvalue weighted by Crippen LogP contribution is 2.26. The fourth-order valence-electron chi connectivity index (χ4n) is 2.22. The Balaban J connectivity index is 2.15. The number of thioether (sulfide) groups is 1. The molecule has 5 nitrogen and oxygen atoms in total. The average Bonchev–Trinajstić information content (AvgIpc) is 2.50. The fourth-order valence-corrected chi connectivity index (χ4v) is 5.16. The molecule has 0 amide bonds. The Morgan fingerprint density at radius 1 is 1.39 bits per heavy atom. The Morgan fingerprint density at radius 2 is 2.04 bits per heavy atom. The molecule has 0 aliphatic carbocycles. The standard InChI is InChI=1S/C15H19NO4S3/c1-3-20-15(21)22-14-10-16(9-8-13(14)17)23(18,19)12-6-4-11(2)5-7-12/h4-7,14H,3,8-10H2,1-2H3. The molecule has 126 valence electrons. The summed E-state index contributed by atoms with van der Waals surface area (Å²) in [4.78, 5) is 12.3. The van der Waals surface area contributed by atoms with E-state index in [1.807, 2.05) is 13.8 Å². The van der Waals surface area contributed by atoms with Crippen LogP contribution in [0.2, 0.25) is 0 Å². The lowest BCUT2D eigenvalue weighted by Crippen LogP contribution is -2.46. The SMILES string of the molecule is CCOC(=S)SC1CN(S(=O)(=O)c2ccc(C)cc2)CCC1=O. The summed E-state index contributed by atoms with van der Waals surface area (Å²) in [7, 11) is -3.60. The summed E-state index contributed by atoms with van der Waals surface area (Å²) in [5.41, 5.74) is 0.994. The fraction of sp³-hybridized carbons (Fsp3) is 0.467. The van der Waals surface area contributed by atoms with E-state index in [1.54, 1.807) is 24.3 Å². The number of carbonyl (C=O) groups excluding carboxylic acids is 1. The third kappa shape index (κ3) is 4.53. The number of Topliss-reactive ketones (excluding diaryl/α,β-unsaturated/α-hetero) is 1. The minimum atomic E-state index is -3.60. The molecule has 0 bridgehead atoms. The highest BCUT2D eigenvalue weighted by atomic mass is 32.2. The number of carbonyl (C=O) groups is 1. The molecule has 1 heterocycles. The molecule has 23 heavy (non-hydrogen) atoms. The van der Waals surface area contributed by atoms with Crippen molar-refractivity contribution in [2.24, 2.45) is 0 Å². The summed E-state index contributed by atoms with van der Waals surface area (Å²) in [5, 5.41) is -0.511. The van der Waals surface area contributed by atoms with E-state index in [0.29, 0.717) is 6.61 Å². The van der Waals surface area contributed by atoms with Crippen molar-refractivity contribution >= 4 is 44.2 Å². The molecule has 1 unspecified atom stereocenters. The first-order chi connectivity index (χ1) is 10.8. The number of rotatable bonds is 4. The van der Waals surface area contributed by atoms with E-state index in [0.717, 1.165) is 17.3 Å². The summed E-state index contributed by atoms with van der Waals surface area (Å²) in [6.07, 6.45) is 0.192. The van der Waals surface area contributed by atoms with E-state index in [1.165, 1.54) is 4.31 Å². The van der Waals surface area contributed by atoms with Gasteiger partial charge in [0.15, 0.2) is 0 Å². The minimum Gasteiger partial charge on any atom is -0.479 e. The molecule has 0 spiro atoms. The van der Waals surface area contributed by atoms with Gasteiger partial charge in [0.25, 0.3) is 0 Å². The number of thiocarbonyl (C=S) groups is 1. The third-order valence-corrected chi connectivity index (χ3v) is 6.79. The van der Waals surface area contributed by atoms with Gasteiger partial charge in [-0.3, -0.25) is 4.79 Å². The number of sulfonamides is 1. The molecule has 1 aliphatic heterocycles. The van der Waals surface area contributed by atoms with E-state index >= 15 is 0 Å². The van der Waals surface area contributed by atoms with Crippen LogP contribution in [0.15, 0.2) is 29.2 Å². The lowest BCUT2D eigenvalue weighted by molar-refractivity contribution is -0.120. The molecule has 1 aromatic carbocycles. The summed E-state index contributed by atoms with van der Waals surface area (Å²) in [6.45, 7) is 4.46. The van der Waals surface area contributed by atoms with Gasteiger partial charge in [-0.15, -0.1) is 0 Å². The number of benzene rings is 1. The zero-order valence-corrected chi connectivity index (χ0v) is 15.5. The van der Waals surface area contributed by atoms with E-state index in [4.69, 9.17) is 17.0 Å². The van der Waals surface area contributed by atoms with Gasteiger partial charge in [0.1, 0.15) is 5.78 Å². The first-order valence-electron chi connectivity index (χ1n) is 7.27. The Bertz CT molecular complexity index is 685. The molecule has 0 aromatic heterocycles. The van der Waals surface area contributed by atoms with Crippen LogP contribution in [-0.2, 0) is 19.6 Å². The molecule has 1 aromatic rings. The number of aryl methyl sites for hydroxylation is 1. The van der Waals surface area contributed by atoms with Crippen LogP contribution in [0.25, 0.3) is 0 Å². The smallest absolute Gasteiger partial charge is 0.243 e. The maximum atomic E-state index is 12.7. The minimum absolute atomic E-state index is 0.00686. The van der Waals surface area contributed by atoms with Crippen LogP contribution < -0.4 is 0 Å². The van der Waals surface area contributed by atoms with Crippen LogP contribution >= 0.6 is 24.0 Å². The third-order valence-electron chi connectivity index (χ3n) is 3.50. The van der Waals surface area contributed by atoms with Crippen molar-refractivity contribution in [1.29, 1.82) is 0 Å². The van der Waals surface area contributed by atoms with Gasteiger partial charge < -0.3 is 4.74 Å². The number of ether oxygens (including phenoxy) is 1. The van der Waals surface area contributed by atoms with Gasteiger partial charge in [-0.05, 0) is 38.2 Å².